The molecular weight excluding hydrogens is 426 g/mol. The fraction of sp³-hybridized carbons (Fsp3) is 0.125. The summed E-state index contributed by atoms with van der Waals surface area (Å²) in [5.41, 5.74) is 1.21. The molecule has 1 N–H and O–H groups in total. The van der Waals surface area contributed by atoms with E-state index in [0.717, 1.165) is 0 Å². The van der Waals surface area contributed by atoms with Gasteiger partial charge in [-0.2, -0.15) is 0 Å². The number of carbonyl (C=O) groups is 2. The minimum absolute atomic E-state index is 0.0644. The number of hydrogen-bond acceptors (Lipinski definition) is 7. The van der Waals surface area contributed by atoms with Crippen LogP contribution in [0.25, 0.3) is 5.76 Å². The topological polar surface area (TPSA) is 123 Å². The molecule has 3 aromatic rings. The Kier molecular flexibility index (Phi) is 5.86. The number of nitro groups is 1. The maximum atomic E-state index is 13.1. The molecule has 0 saturated carbocycles. The summed E-state index contributed by atoms with van der Waals surface area (Å²) in [6.45, 7) is 0.0644. The van der Waals surface area contributed by atoms with E-state index in [2.05, 4.69) is 4.98 Å². The third-order valence-corrected chi connectivity index (χ3v) is 5.38. The van der Waals surface area contributed by atoms with Crippen molar-refractivity contribution in [2.75, 3.05) is 7.11 Å². The number of ketones is 1. The molecule has 4 rings (SSSR count). The standard InChI is InChI=1S/C24H19N3O6/c1-33-19-6-2-5-17(12-19)22(28)20-21(16-7-9-18(10-8-16)27(31)32)26(24(30)23(20)29)14-15-4-3-11-25-13-15/h2-13,21,28H,14H2,1H3/t21-/m1/s1. The first-order valence-corrected chi connectivity index (χ1v) is 9.97. The number of non-ortho nitro benzene ring substituents is 1. The van der Waals surface area contributed by atoms with Crippen LogP contribution in [0.2, 0.25) is 0 Å². The maximum absolute atomic E-state index is 13.1. The first-order valence-electron chi connectivity index (χ1n) is 9.97. The number of aromatic nitrogens is 1. The number of Topliss-reactive ketones (excluding diaryl/α,β-unsaturated/α-hetero) is 1. The highest BCUT2D eigenvalue weighted by Gasteiger charge is 2.46. The highest BCUT2D eigenvalue weighted by atomic mass is 16.6. The molecule has 1 saturated heterocycles. The number of pyridine rings is 1. The lowest BCUT2D eigenvalue weighted by molar-refractivity contribution is -0.384. The molecule has 1 aliphatic rings. The van der Waals surface area contributed by atoms with Crippen LogP contribution in [0.1, 0.15) is 22.7 Å². The van der Waals surface area contributed by atoms with E-state index in [1.54, 1.807) is 48.8 Å². The van der Waals surface area contributed by atoms with Gasteiger partial charge in [-0.1, -0.05) is 18.2 Å². The van der Waals surface area contributed by atoms with Crippen LogP contribution in [-0.2, 0) is 16.1 Å². The number of hydrogen-bond donors (Lipinski definition) is 1. The molecular formula is C24H19N3O6. The lowest BCUT2D eigenvalue weighted by atomic mass is 9.95. The number of methoxy groups -OCH3 is 1. The summed E-state index contributed by atoms with van der Waals surface area (Å²) in [5, 5.41) is 22.2. The molecule has 0 unspecified atom stereocenters. The van der Waals surface area contributed by atoms with Crippen molar-refractivity contribution in [1.82, 2.24) is 9.88 Å². The normalized spacial score (nSPS) is 17.2. The number of nitro benzene ring substituents is 1. The summed E-state index contributed by atoms with van der Waals surface area (Å²) in [5.74, 6) is -1.52. The molecule has 1 fully saturated rings. The van der Waals surface area contributed by atoms with Gasteiger partial charge in [-0.25, -0.2) is 0 Å². The molecule has 9 nitrogen and oxygen atoms in total. The number of carbonyl (C=O) groups excluding carboxylic acids is 2. The van der Waals surface area contributed by atoms with Crippen molar-refractivity contribution < 1.29 is 24.4 Å². The van der Waals surface area contributed by atoms with Crippen molar-refractivity contribution in [1.29, 1.82) is 0 Å². The van der Waals surface area contributed by atoms with Crippen LogP contribution < -0.4 is 4.74 Å². The van der Waals surface area contributed by atoms with Crippen LogP contribution in [0.5, 0.6) is 5.75 Å². The Morgan fingerprint density at radius 2 is 1.91 bits per heavy atom. The first-order chi connectivity index (χ1) is 15.9. The predicted molar refractivity (Wildman–Crippen MR) is 118 cm³/mol. The summed E-state index contributed by atoms with van der Waals surface area (Å²) < 4.78 is 5.20. The number of benzene rings is 2. The van der Waals surface area contributed by atoms with E-state index in [1.807, 2.05) is 0 Å². The Labute approximate surface area is 188 Å². The van der Waals surface area contributed by atoms with E-state index in [0.29, 0.717) is 22.4 Å². The SMILES string of the molecule is COc1cccc(C(O)=C2C(=O)C(=O)N(Cc3cccnc3)[C@@H]2c2ccc([N+](=O)[O-])cc2)c1. The number of likely N-dealkylation sites (tertiary alicyclic amines) is 1. The average Bonchev–Trinajstić information content (AvgIpc) is 3.09. The lowest BCUT2D eigenvalue weighted by Gasteiger charge is -2.25. The molecule has 2 heterocycles. The second-order valence-electron chi connectivity index (χ2n) is 7.37. The zero-order chi connectivity index (χ0) is 23.5. The summed E-state index contributed by atoms with van der Waals surface area (Å²) in [7, 11) is 1.48. The first kappa shape index (κ1) is 21.7. The molecule has 33 heavy (non-hydrogen) atoms. The molecule has 9 heteroatoms. The number of amides is 1. The smallest absolute Gasteiger partial charge is 0.295 e. The molecule has 0 aliphatic carbocycles. The van der Waals surface area contributed by atoms with Crippen molar-refractivity contribution in [2.45, 2.75) is 12.6 Å². The van der Waals surface area contributed by atoms with Crippen LogP contribution in [0.15, 0.2) is 78.6 Å². The monoisotopic (exact) mass is 445 g/mol. The van der Waals surface area contributed by atoms with Gasteiger partial charge in [0.25, 0.3) is 17.4 Å². The number of aliphatic hydroxyl groups is 1. The van der Waals surface area contributed by atoms with Gasteiger partial charge in [0.15, 0.2) is 0 Å². The number of ether oxygens (including phenoxy) is 1. The third-order valence-electron chi connectivity index (χ3n) is 5.38. The molecule has 0 bridgehead atoms. The highest BCUT2D eigenvalue weighted by Crippen LogP contribution is 2.40. The van der Waals surface area contributed by atoms with E-state index in [4.69, 9.17) is 4.74 Å². The summed E-state index contributed by atoms with van der Waals surface area (Å²) in [4.78, 5) is 42.0. The van der Waals surface area contributed by atoms with Gasteiger partial charge in [-0.3, -0.25) is 24.7 Å². The number of nitrogens with zero attached hydrogens (tertiary/aromatic N) is 3. The number of aliphatic hydroxyl groups excluding tert-OH is 1. The molecule has 2 aromatic carbocycles. The van der Waals surface area contributed by atoms with Gasteiger partial charge in [-0.15, -0.1) is 0 Å². The van der Waals surface area contributed by atoms with Gasteiger partial charge in [0.05, 0.1) is 23.6 Å². The minimum atomic E-state index is -0.947. The summed E-state index contributed by atoms with van der Waals surface area (Å²) in [6, 6.07) is 14.6. The number of rotatable bonds is 6. The second-order valence-corrected chi connectivity index (χ2v) is 7.37. The molecule has 1 aliphatic heterocycles. The highest BCUT2D eigenvalue weighted by molar-refractivity contribution is 6.46. The Bertz CT molecular complexity index is 1250. The molecule has 166 valence electrons. The molecule has 1 amide bonds. The molecule has 1 aromatic heterocycles. The maximum Gasteiger partial charge on any atom is 0.295 e. The van der Waals surface area contributed by atoms with Gasteiger partial charge in [-0.05, 0) is 41.5 Å². The van der Waals surface area contributed by atoms with E-state index in [1.165, 1.54) is 36.3 Å². The zero-order valence-corrected chi connectivity index (χ0v) is 17.5. The third kappa shape index (κ3) is 4.16. The predicted octanol–water partition coefficient (Wildman–Crippen LogP) is 3.62. The Morgan fingerprint density at radius 1 is 1.15 bits per heavy atom. The van der Waals surface area contributed by atoms with Crippen molar-refractivity contribution in [2.24, 2.45) is 0 Å². The second kappa shape index (κ2) is 8.91. The zero-order valence-electron chi connectivity index (χ0n) is 17.5. The Hall–Kier alpha value is -4.53. The van der Waals surface area contributed by atoms with Crippen molar-refractivity contribution >= 4 is 23.1 Å². The van der Waals surface area contributed by atoms with Gasteiger partial charge in [0.1, 0.15) is 11.5 Å². The average molecular weight is 445 g/mol. The van der Waals surface area contributed by atoms with E-state index in [-0.39, 0.29) is 23.6 Å². The fourth-order valence-electron chi connectivity index (χ4n) is 3.78. The van der Waals surface area contributed by atoms with Gasteiger partial charge in [0, 0.05) is 36.6 Å². The molecule has 0 spiro atoms. The molecule has 0 radical (unpaired) electrons. The summed E-state index contributed by atoms with van der Waals surface area (Å²) in [6.07, 6.45) is 3.17. The Balaban J connectivity index is 1.86. The van der Waals surface area contributed by atoms with Crippen LogP contribution in [0.4, 0.5) is 5.69 Å². The minimum Gasteiger partial charge on any atom is -0.507 e. The largest absolute Gasteiger partial charge is 0.507 e. The quantitative estimate of drug-likeness (QED) is 0.202. The molecule has 1 atom stereocenters. The lowest BCUT2D eigenvalue weighted by Crippen LogP contribution is -2.29. The van der Waals surface area contributed by atoms with Crippen LogP contribution in [0.3, 0.4) is 0 Å². The van der Waals surface area contributed by atoms with Crippen LogP contribution in [-0.4, -0.2) is 38.7 Å². The fourth-order valence-corrected chi connectivity index (χ4v) is 3.78. The van der Waals surface area contributed by atoms with Crippen molar-refractivity contribution in [3.8, 4) is 5.75 Å². The van der Waals surface area contributed by atoms with Crippen molar-refractivity contribution in [3.05, 3.63) is 105 Å². The van der Waals surface area contributed by atoms with Crippen LogP contribution >= 0.6 is 0 Å². The van der Waals surface area contributed by atoms with Crippen molar-refractivity contribution in [3.63, 3.8) is 0 Å². The van der Waals surface area contributed by atoms with E-state index in [9.17, 15) is 24.8 Å². The van der Waals surface area contributed by atoms with Gasteiger partial charge >= 0.3 is 0 Å². The summed E-state index contributed by atoms with van der Waals surface area (Å²) >= 11 is 0. The van der Waals surface area contributed by atoms with E-state index >= 15 is 0 Å². The van der Waals surface area contributed by atoms with Crippen LogP contribution in [0, 0.1) is 10.1 Å². The van der Waals surface area contributed by atoms with Gasteiger partial charge in [0.2, 0.25) is 0 Å². The van der Waals surface area contributed by atoms with E-state index < -0.39 is 22.7 Å². The Morgan fingerprint density at radius 3 is 2.55 bits per heavy atom. The van der Waals surface area contributed by atoms with Gasteiger partial charge < -0.3 is 14.7 Å².